The Morgan fingerprint density at radius 1 is 1.18 bits per heavy atom. The number of benzene rings is 1. The van der Waals surface area contributed by atoms with Gasteiger partial charge >= 0.3 is 65.7 Å². The predicted octanol–water partition coefficient (Wildman–Crippen LogP) is 1.08. The molecule has 0 unspecified atom stereocenters. The van der Waals surface area contributed by atoms with Crippen LogP contribution in [0, 0.1) is 0 Å². The zero-order valence-electron chi connectivity index (χ0n) is 5.90. The van der Waals surface area contributed by atoms with E-state index in [-0.39, 0.29) is 0 Å². The summed E-state index contributed by atoms with van der Waals surface area (Å²) >= 11 is 0.810. The zero-order chi connectivity index (χ0) is 8.69. The number of carboxylic acid groups (broad SMARTS) is 2. The van der Waals surface area contributed by atoms with Gasteiger partial charge < -0.3 is 10.2 Å². The van der Waals surface area contributed by atoms with Gasteiger partial charge in [-0.05, 0) is 0 Å². The van der Waals surface area contributed by atoms with E-state index in [0.29, 0.717) is 0 Å². The van der Waals surface area contributed by atoms with Crippen LogP contribution in [0.25, 0.3) is 0 Å². The van der Waals surface area contributed by atoms with Gasteiger partial charge in [-0.3, -0.25) is 0 Å². The van der Waals surface area contributed by atoms with Crippen LogP contribution < -0.4 is 3.07 Å². The van der Waals surface area contributed by atoms with Crippen LogP contribution >= 0.6 is 0 Å². The van der Waals surface area contributed by atoms with Gasteiger partial charge in [0.1, 0.15) is 0 Å². The van der Waals surface area contributed by atoms with Crippen molar-refractivity contribution in [2.45, 2.75) is 0 Å². The molecular weight excluding hydrogens is 333 g/mol. The summed E-state index contributed by atoms with van der Waals surface area (Å²) in [4.78, 5) is 8.56. The van der Waals surface area contributed by atoms with Crippen LogP contribution in [0.1, 0.15) is 0 Å². The first-order chi connectivity index (χ1) is 5.13. The molecule has 0 aliphatic heterocycles. The van der Waals surface area contributed by atoms with Gasteiger partial charge in [0.05, 0.1) is 0 Å². The molecule has 3 nitrogen and oxygen atoms in total. The second-order valence-corrected chi connectivity index (χ2v) is 4.94. The van der Waals surface area contributed by atoms with Gasteiger partial charge in [0.25, 0.3) is 0 Å². The Hall–Kier alpha value is -0.575. The summed E-state index contributed by atoms with van der Waals surface area (Å²) in [6.45, 7) is 0. The Bertz CT molecular complexity index is 206. The quantitative estimate of drug-likeness (QED) is 0.696. The van der Waals surface area contributed by atoms with Crippen molar-refractivity contribution in [1.82, 2.24) is 0 Å². The molecule has 0 amide bonds. The van der Waals surface area contributed by atoms with Gasteiger partial charge in [0, 0.05) is 0 Å². The number of hydrogen-bond acceptors (Lipinski definition) is 1. The fourth-order valence-corrected chi connectivity index (χ4v) is 1.54. The Morgan fingerprint density at radius 2 is 1.55 bits per heavy atom. The van der Waals surface area contributed by atoms with Crippen LogP contribution in [0.15, 0.2) is 30.3 Å². The maximum atomic E-state index is 8.56. The van der Waals surface area contributed by atoms with E-state index in [1.807, 2.05) is 0 Å². The molecule has 0 saturated heterocycles. The molecule has 0 spiro atoms. The Kier molecular flexibility index (Phi) is 5.83. The normalized spacial score (nSPS) is 7.82. The first-order valence-electron chi connectivity index (χ1n) is 2.92. The van der Waals surface area contributed by atoms with Gasteiger partial charge in [-0.25, -0.2) is 4.79 Å². The van der Waals surface area contributed by atoms with Crippen molar-refractivity contribution in [2.24, 2.45) is 0 Å². The van der Waals surface area contributed by atoms with Crippen molar-refractivity contribution in [2.75, 3.05) is 0 Å². The van der Waals surface area contributed by atoms with E-state index in [0.717, 1.165) is 26.1 Å². The van der Waals surface area contributed by atoms with Gasteiger partial charge in [0.15, 0.2) is 0 Å². The first-order valence-corrected chi connectivity index (χ1v) is 5.66. The summed E-state index contributed by atoms with van der Waals surface area (Å²) in [5.41, 5.74) is 0. The summed E-state index contributed by atoms with van der Waals surface area (Å²) in [6, 6.07) is 10.6. The van der Waals surface area contributed by atoms with Crippen molar-refractivity contribution in [3.8, 4) is 0 Å². The molecule has 1 aromatic rings. The number of carbonyl (C=O) groups is 1. The standard InChI is InChI=1S/C6H5.CH2O3.Hg/c1-2-4-6-5-3-1;2-1(3)4;/h1-5H;(H2,2,3,4);. The first kappa shape index (κ1) is 10.4. The molecule has 0 radical (unpaired) electrons. The third-order valence-corrected chi connectivity index (χ3v) is 2.68. The SMILES string of the molecule is O=C(O)O.[Hg][c]1ccccc1. The third kappa shape index (κ3) is 9.43. The third-order valence-electron chi connectivity index (χ3n) is 0.843. The van der Waals surface area contributed by atoms with Gasteiger partial charge in [-0.15, -0.1) is 0 Å². The molecule has 0 aromatic heterocycles. The number of rotatable bonds is 0. The molecule has 0 bridgehead atoms. The van der Waals surface area contributed by atoms with Gasteiger partial charge in [0.2, 0.25) is 0 Å². The minimum absolute atomic E-state index is 0.810. The molecule has 0 heterocycles. The van der Waals surface area contributed by atoms with E-state index in [1.165, 1.54) is 3.07 Å². The summed E-state index contributed by atoms with van der Waals surface area (Å²) in [6.07, 6.45) is -1.83. The average Bonchev–Trinajstić information content (AvgIpc) is 1.87. The summed E-state index contributed by atoms with van der Waals surface area (Å²) in [5, 5.41) is 13.9. The fourth-order valence-electron chi connectivity index (χ4n) is 0.478. The molecule has 0 saturated carbocycles. The second kappa shape index (κ2) is 6.16. The van der Waals surface area contributed by atoms with Crippen LogP contribution in [0.3, 0.4) is 0 Å². The average molecular weight is 340 g/mol. The zero-order valence-corrected chi connectivity index (χ0v) is 11.4. The van der Waals surface area contributed by atoms with Gasteiger partial charge in [-0.1, -0.05) is 0 Å². The molecule has 0 aliphatic carbocycles. The molecule has 0 aliphatic rings. The van der Waals surface area contributed by atoms with Crippen molar-refractivity contribution >= 4 is 9.23 Å². The molecule has 1 rings (SSSR count). The summed E-state index contributed by atoms with van der Waals surface area (Å²) < 4.78 is 1.52. The molecule has 4 heteroatoms. The van der Waals surface area contributed by atoms with E-state index in [4.69, 9.17) is 15.0 Å². The van der Waals surface area contributed by atoms with E-state index in [1.54, 1.807) is 0 Å². The molecular formula is C7H7HgO3. The van der Waals surface area contributed by atoms with Crippen LogP contribution in [0.2, 0.25) is 0 Å². The van der Waals surface area contributed by atoms with Gasteiger partial charge in [-0.2, -0.15) is 0 Å². The van der Waals surface area contributed by atoms with Crippen LogP contribution in [-0.4, -0.2) is 16.4 Å². The fraction of sp³-hybridized carbons (Fsp3) is 0. The molecule has 0 fully saturated rings. The van der Waals surface area contributed by atoms with Crippen LogP contribution in [0.4, 0.5) is 4.79 Å². The number of hydrogen-bond donors (Lipinski definition) is 2. The Morgan fingerprint density at radius 3 is 1.73 bits per heavy atom. The van der Waals surface area contributed by atoms with Crippen molar-refractivity contribution in [3.05, 3.63) is 30.3 Å². The van der Waals surface area contributed by atoms with Crippen LogP contribution in [-0.2, 0) is 26.1 Å². The molecule has 11 heavy (non-hydrogen) atoms. The van der Waals surface area contributed by atoms with Crippen LogP contribution in [0.5, 0.6) is 0 Å². The van der Waals surface area contributed by atoms with E-state index >= 15 is 0 Å². The monoisotopic (exact) mass is 341 g/mol. The van der Waals surface area contributed by atoms with E-state index < -0.39 is 6.16 Å². The topological polar surface area (TPSA) is 57.5 Å². The molecule has 55 valence electrons. The summed E-state index contributed by atoms with van der Waals surface area (Å²) in [7, 11) is 0. The second-order valence-electron chi connectivity index (χ2n) is 1.77. The molecule has 2 N–H and O–H groups in total. The molecule has 1 aromatic carbocycles. The Balaban J connectivity index is 0.000000218. The predicted molar refractivity (Wildman–Crippen MR) is 36.7 cm³/mol. The maximum absolute atomic E-state index is 8.56. The van der Waals surface area contributed by atoms with E-state index in [9.17, 15) is 0 Å². The van der Waals surface area contributed by atoms with Crippen molar-refractivity contribution < 1.29 is 41.1 Å². The molecule has 0 atom stereocenters. The Labute approximate surface area is 80.6 Å². The van der Waals surface area contributed by atoms with Crippen molar-refractivity contribution in [3.63, 3.8) is 0 Å². The minimum atomic E-state index is -1.83. The van der Waals surface area contributed by atoms with Crippen molar-refractivity contribution in [1.29, 1.82) is 0 Å². The van der Waals surface area contributed by atoms with E-state index in [2.05, 4.69) is 30.3 Å². The summed E-state index contributed by atoms with van der Waals surface area (Å²) in [5.74, 6) is 0.